The van der Waals surface area contributed by atoms with Gasteiger partial charge in [-0.25, -0.2) is 4.79 Å². The highest BCUT2D eigenvalue weighted by Gasteiger charge is 2.19. The van der Waals surface area contributed by atoms with E-state index < -0.39 is 11.5 Å². The van der Waals surface area contributed by atoms with Gasteiger partial charge >= 0.3 is 5.63 Å². The average Bonchev–Trinajstić information content (AvgIpc) is 2.51. The zero-order valence-corrected chi connectivity index (χ0v) is 13.0. The molecule has 1 amide bonds. The number of carbonyl (C=O) groups excluding carboxylic acids is 1. The number of anilines is 1. The fraction of sp³-hybridized carbons (Fsp3) is 0.176. The lowest BCUT2D eigenvalue weighted by Crippen LogP contribution is -2.23. The summed E-state index contributed by atoms with van der Waals surface area (Å²) in [5.41, 5.74) is 2.02. The summed E-state index contributed by atoms with van der Waals surface area (Å²) in [7, 11) is 0. The van der Waals surface area contributed by atoms with Gasteiger partial charge in [-0.3, -0.25) is 4.79 Å². The zero-order valence-electron chi connectivity index (χ0n) is 13.0. The van der Waals surface area contributed by atoms with Crippen molar-refractivity contribution in [2.24, 2.45) is 0 Å². The van der Waals surface area contributed by atoms with E-state index in [4.69, 9.17) is 4.42 Å². The Hall–Kier alpha value is -3.02. The summed E-state index contributed by atoms with van der Waals surface area (Å²) in [6.07, 6.45) is 0. The average molecular weight is 309 g/mol. The van der Waals surface area contributed by atoms with Crippen LogP contribution in [-0.4, -0.2) is 16.1 Å². The first-order valence-electron chi connectivity index (χ1n) is 7.12. The topological polar surface area (TPSA) is 85.1 Å². The minimum atomic E-state index is -0.671. The molecule has 0 bridgehead atoms. The Bertz CT molecular complexity index is 976. The van der Waals surface area contributed by atoms with Gasteiger partial charge in [0.25, 0.3) is 5.91 Å². The summed E-state index contributed by atoms with van der Waals surface area (Å²) in [4.78, 5) is 24.6. The van der Waals surface area contributed by atoms with Crippen LogP contribution in [0.25, 0.3) is 11.0 Å². The first-order valence-corrected chi connectivity index (χ1v) is 7.12. The van der Waals surface area contributed by atoms with E-state index >= 15 is 0 Å². The lowest BCUT2D eigenvalue weighted by molar-refractivity contribution is 0.102. The van der Waals surface area contributed by atoms with E-state index in [1.165, 1.54) is 0 Å². The highest BCUT2D eigenvalue weighted by molar-refractivity contribution is 6.06. The molecule has 0 unspecified atom stereocenters. The molecule has 2 aromatic heterocycles. The minimum Gasteiger partial charge on any atom is -0.422 e. The molecule has 116 valence electrons. The summed E-state index contributed by atoms with van der Waals surface area (Å²) >= 11 is 0. The van der Waals surface area contributed by atoms with Crippen LogP contribution < -0.4 is 10.9 Å². The molecule has 2 heterocycles. The number of nitrogens with one attached hydrogen (secondary N) is 1. The highest BCUT2D eigenvalue weighted by Crippen LogP contribution is 2.19. The third-order valence-corrected chi connectivity index (χ3v) is 3.77. The molecule has 0 spiro atoms. The van der Waals surface area contributed by atoms with Crippen molar-refractivity contribution in [1.82, 2.24) is 10.2 Å². The molecule has 0 saturated heterocycles. The standard InChI is InChI=1S/C17H15N3O3/c1-9-8-14(20-19-11(9)3)18-16(21)15-10(2)12-6-4-5-7-13(12)23-17(15)22/h4-8H,1-3H3,(H,18,20,21). The lowest BCUT2D eigenvalue weighted by atomic mass is 10.1. The van der Waals surface area contributed by atoms with Gasteiger partial charge in [0.1, 0.15) is 11.1 Å². The number of rotatable bonds is 2. The van der Waals surface area contributed by atoms with Gasteiger partial charge in [-0.15, -0.1) is 5.10 Å². The van der Waals surface area contributed by atoms with Gasteiger partial charge in [0.2, 0.25) is 0 Å². The fourth-order valence-electron chi connectivity index (χ4n) is 2.35. The number of para-hydroxylation sites is 1. The van der Waals surface area contributed by atoms with Crippen molar-refractivity contribution in [3.8, 4) is 0 Å². The first kappa shape index (κ1) is 14.9. The lowest BCUT2D eigenvalue weighted by Gasteiger charge is -2.08. The number of hydrogen-bond donors (Lipinski definition) is 1. The Labute approximate surface area is 132 Å². The summed E-state index contributed by atoms with van der Waals surface area (Å²) in [6.45, 7) is 5.42. The van der Waals surface area contributed by atoms with E-state index in [-0.39, 0.29) is 5.56 Å². The van der Waals surface area contributed by atoms with Crippen molar-refractivity contribution in [2.45, 2.75) is 20.8 Å². The molecule has 0 radical (unpaired) electrons. The van der Waals surface area contributed by atoms with E-state index in [1.54, 1.807) is 31.2 Å². The van der Waals surface area contributed by atoms with Crippen LogP contribution in [0.5, 0.6) is 0 Å². The molecular formula is C17H15N3O3. The third-order valence-electron chi connectivity index (χ3n) is 3.77. The SMILES string of the molecule is Cc1cc(NC(=O)c2c(C)c3ccccc3oc2=O)nnc1C. The van der Waals surface area contributed by atoms with Crippen molar-refractivity contribution in [3.05, 3.63) is 63.1 Å². The Morgan fingerprint density at radius 1 is 1.13 bits per heavy atom. The molecule has 6 nitrogen and oxygen atoms in total. The van der Waals surface area contributed by atoms with Crippen molar-refractivity contribution in [1.29, 1.82) is 0 Å². The Kier molecular flexibility index (Phi) is 3.65. The highest BCUT2D eigenvalue weighted by atomic mass is 16.4. The van der Waals surface area contributed by atoms with Crippen molar-refractivity contribution < 1.29 is 9.21 Å². The maximum Gasteiger partial charge on any atom is 0.349 e. The maximum atomic E-state index is 12.5. The zero-order chi connectivity index (χ0) is 16.6. The predicted molar refractivity (Wildman–Crippen MR) is 86.7 cm³/mol. The smallest absolute Gasteiger partial charge is 0.349 e. The Morgan fingerprint density at radius 3 is 2.61 bits per heavy atom. The number of carbonyl (C=O) groups is 1. The van der Waals surface area contributed by atoms with Crippen LogP contribution in [0.4, 0.5) is 5.82 Å². The van der Waals surface area contributed by atoms with Gasteiger partial charge in [0.05, 0.1) is 5.69 Å². The molecule has 0 atom stereocenters. The molecule has 3 aromatic rings. The summed E-state index contributed by atoms with van der Waals surface area (Å²) in [6, 6.07) is 8.81. The van der Waals surface area contributed by atoms with Gasteiger partial charge in [-0.05, 0) is 44.0 Å². The van der Waals surface area contributed by atoms with Gasteiger partial charge in [-0.1, -0.05) is 18.2 Å². The van der Waals surface area contributed by atoms with Crippen LogP contribution in [-0.2, 0) is 0 Å². The minimum absolute atomic E-state index is 0.0243. The molecule has 23 heavy (non-hydrogen) atoms. The van der Waals surface area contributed by atoms with Crippen LogP contribution >= 0.6 is 0 Å². The number of benzene rings is 1. The molecular weight excluding hydrogens is 294 g/mol. The summed E-state index contributed by atoms with van der Waals surface area (Å²) in [5.74, 6) is -0.260. The second kappa shape index (κ2) is 5.64. The molecule has 3 rings (SSSR count). The summed E-state index contributed by atoms with van der Waals surface area (Å²) in [5, 5.41) is 11.2. The molecule has 0 aliphatic rings. The summed E-state index contributed by atoms with van der Waals surface area (Å²) < 4.78 is 5.22. The van der Waals surface area contributed by atoms with E-state index in [9.17, 15) is 9.59 Å². The van der Waals surface area contributed by atoms with E-state index in [1.807, 2.05) is 19.9 Å². The van der Waals surface area contributed by atoms with Crippen molar-refractivity contribution in [3.63, 3.8) is 0 Å². The van der Waals surface area contributed by atoms with Gasteiger partial charge in [0.15, 0.2) is 5.82 Å². The number of hydrogen-bond acceptors (Lipinski definition) is 5. The van der Waals surface area contributed by atoms with Crippen LogP contribution in [0, 0.1) is 20.8 Å². The van der Waals surface area contributed by atoms with Crippen molar-refractivity contribution in [2.75, 3.05) is 5.32 Å². The van der Waals surface area contributed by atoms with Gasteiger partial charge in [0, 0.05) is 5.39 Å². The van der Waals surface area contributed by atoms with Crippen LogP contribution in [0.3, 0.4) is 0 Å². The number of amides is 1. The second-order valence-electron chi connectivity index (χ2n) is 5.34. The number of aryl methyl sites for hydroxylation is 3. The molecule has 1 N–H and O–H groups in total. The fourth-order valence-corrected chi connectivity index (χ4v) is 2.35. The molecule has 0 saturated carbocycles. The third kappa shape index (κ3) is 2.70. The predicted octanol–water partition coefficient (Wildman–Crippen LogP) is 2.76. The molecule has 0 fully saturated rings. The normalized spacial score (nSPS) is 10.7. The molecule has 0 aliphatic carbocycles. The van der Waals surface area contributed by atoms with E-state index in [2.05, 4.69) is 15.5 Å². The number of fused-ring (bicyclic) bond motifs is 1. The largest absolute Gasteiger partial charge is 0.422 e. The van der Waals surface area contributed by atoms with Gasteiger partial charge in [-0.2, -0.15) is 5.10 Å². The molecule has 6 heteroatoms. The number of nitrogens with zero attached hydrogens (tertiary/aromatic N) is 2. The Balaban J connectivity index is 2.04. The Morgan fingerprint density at radius 2 is 1.87 bits per heavy atom. The first-order chi connectivity index (χ1) is 11.0. The molecule has 1 aromatic carbocycles. The van der Waals surface area contributed by atoms with Crippen LogP contribution in [0.15, 0.2) is 39.5 Å². The van der Waals surface area contributed by atoms with E-state index in [0.29, 0.717) is 17.0 Å². The van der Waals surface area contributed by atoms with Crippen LogP contribution in [0.2, 0.25) is 0 Å². The maximum absolute atomic E-state index is 12.5. The monoisotopic (exact) mass is 309 g/mol. The number of aromatic nitrogens is 2. The van der Waals surface area contributed by atoms with Crippen LogP contribution in [0.1, 0.15) is 27.2 Å². The molecule has 0 aliphatic heterocycles. The van der Waals surface area contributed by atoms with E-state index in [0.717, 1.165) is 16.6 Å². The second-order valence-corrected chi connectivity index (χ2v) is 5.34. The van der Waals surface area contributed by atoms with Gasteiger partial charge < -0.3 is 9.73 Å². The van der Waals surface area contributed by atoms with Crippen molar-refractivity contribution >= 4 is 22.7 Å². The quantitative estimate of drug-likeness (QED) is 0.736.